The van der Waals surface area contributed by atoms with E-state index in [-0.39, 0.29) is 5.91 Å². The molecule has 1 fully saturated rings. The van der Waals surface area contributed by atoms with Gasteiger partial charge in [-0.05, 0) is 37.1 Å². The molecule has 2 aromatic heterocycles. The number of likely N-dealkylation sites (tertiary alicyclic amines) is 1. The van der Waals surface area contributed by atoms with Crippen LogP contribution in [0.4, 0.5) is 0 Å². The molecule has 0 spiro atoms. The molecule has 0 N–H and O–H groups in total. The lowest BCUT2D eigenvalue weighted by atomic mass is 9.98. The first-order valence-corrected chi connectivity index (χ1v) is 9.27. The van der Waals surface area contributed by atoms with Gasteiger partial charge in [-0.1, -0.05) is 12.1 Å². The molecule has 0 radical (unpaired) electrons. The first kappa shape index (κ1) is 15.4. The third kappa shape index (κ3) is 3.22. The maximum absolute atomic E-state index is 12.5. The molecule has 124 valence electrons. The number of piperidine rings is 1. The van der Waals surface area contributed by atoms with Crippen LogP contribution >= 0.6 is 11.3 Å². The molecule has 4 rings (SSSR count). The molecule has 1 amide bonds. The van der Waals surface area contributed by atoms with Crippen molar-refractivity contribution in [3.63, 3.8) is 0 Å². The first-order chi connectivity index (χ1) is 11.8. The number of fused-ring (bicyclic) bond motifs is 1. The largest absolute Gasteiger partial charge is 0.469 e. The zero-order valence-electron chi connectivity index (χ0n) is 13.5. The van der Waals surface area contributed by atoms with Crippen LogP contribution in [0.2, 0.25) is 0 Å². The molecule has 0 bridgehead atoms. The molecule has 4 nitrogen and oxygen atoms in total. The Morgan fingerprint density at radius 1 is 1.29 bits per heavy atom. The number of aromatic nitrogens is 1. The van der Waals surface area contributed by atoms with Gasteiger partial charge in [0.15, 0.2) is 0 Å². The number of thiazole rings is 1. The molecule has 1 aliphatic rings. The summed E-state index contributed by atoms with van der Waals surface area (Å²) in [5.74, 6) is 1.46. The summed E-state index contributed by atoms with van der Waals surface area (Å²) in [6.45, 7) is 1.65. The van der Waals surface area contributed by atoms with E-state index in [9.17, 15) is 4.79 Å². The van der Waals surface area contributed by atoms with Crippen molar-refractivity contribution in [1.29, 1.82) is 0 Å². The van der Waals surface area contributed by atoms with E-state index in [0.29, 0.717) is 18.8 Å². The van der Waals surface area contributed by atoms with Gasteiger partial charge < -0.3 is 9.32 Å². The fourth-order valence-corrected chi connectivity index (χ4v) is 4.41. The van der Waals surface area contributed by atoms with E-state index < -0.39 is 0 Å². The zero-order valence-corrected chi connectivity index (χ0v) is 14.3. The van der Waals surface area contributed by atoms with E-state index in [4.69, 9.17) is 9.40 Å². The second-order valence-corrected chi connectivity index (χ2v) is 7.34. The van der Waals surface area contributed by atoms with Crippen LogP contribution in [0.15, 0.2) is 47.1 Å². The molecule has 0 aliphatic carbocycles. The quantitative estimate of drug-likeness (QED) is 0.714. The highest BCUT2D eigenvalue weighted by atomic mass is 32.1. The van der Waals surface area contributed by atoms with Gasteiger partial charge in [-0.15, -0.1) is 11.3 Å². The standard InChI is InChI=1S/C19H20N2O2S/c22-18(10-9-15-6-4-12-23-15)21-11-3-5-14(13-21)19-20-16-7-1-2-8-17(16)24-19/h1-2,4,6-8,12,14H,3,5,9-11,13H2/t14-/m1/s1. The zero-order chi connectivity index (χ0) is 16.4. The summed E-state index contributed by atoms with van der Waals surface area (Å²) >= 11 is 1.76. The van der Waals surface area contributed by atoms with Crippen molar-refractivity contribution in [2.75, 3.05) is 13.1 Å². The van der Waals surface area contributed by atoms with E-state index >= 15 is 0 Å². The van der Waals surface area contributed by atoms with Gasteiger partial charge in [-0.2, -0.15) is 0 Å². The highest BCUT2D eigenvalue weighted by Crippen LogP contribution is 2.33. The number of furan rings is 1. The molecule has 0 unspecified atom stereocenters. The van der Waals surface area contributed by atoms with E-state index in [1.807, 2.05) is 23.1 Å². The van der Waals surface area contributed by atoms with Crippen LogP contribution in [0.3, 0.4) is 0 Å². The number of amides is 1. The molecule has 1 aromatic carbocycles. The number of para-hydroxylation sites is 1. The molecular formula is C19H20N2O2S. The summed E-state index contributed by atoms with van der Waals surface area (Å²) in [6.07, 6.45) is 5.01. The number of nitrogens with zero attached hydrogens (tertiary/aromatic N) is 2. The Balaban J connectivity index is 1.42. The lowest BCUT2D eigenvalue weighted by Crippen LogP contribution is -2.39. The summed E-state index contributed by atoms with van der Waals surface area (Å²) in [5, 5.41) is 1.17. The fourth-order valence-electron chi connectivity index (χ4n) is 3.31. The monoisotopic (exact) mass is 340 g/mol. The average molecular weight is 340 g/mol. The Kier molecular flexibility index (Phi) is 4.34. The van der Waals surface area contributed by atoms with Gasteiger partial charge in [-0.25, -0.2) is 4.98 Å². The van der Waals surface area contributed by atoms with Gasteiger partial charge in [0.2, 0.25) is 5.91 Å². The molecule has 1 aliphatic heterocycles. The number of benzene rings is 1. The fraction of sp³-hybridized carbons (Fsp3) is 0.368. The molecule has 0 saturated carbocycles. The van der Waals surface area contributed by atoms with Crippen molar-refractivity contribution in [1.82, 2.24) is 9.88 Å². The van der Waals surface area contributed by atoms with Crippen molar-refractivity contribution >= 4 is 27.5 Å². The number of hydrogen-bond acceptors (Lipinski definition) is 4. The Hall–Kier alpha value is -2.14. The van der Waals surface area contributed by atoms with Gasteiger partial charge in [-0.3, -0.25) is 4.79 Å². The summed E-state index contributed by atoms with van der Waals surface area (Å²) < 4.78 is 6.55. The van der Waals surface area contributed by atoms with Crippen LogP contribution in [0.25, 0.3) is 10.2 Å². The minimum Gasteiger partial charge on any atom is -0.469 e. The van der Waals surface area contributed by atoms with Crippen LogP contribution in [-0.4, -0.2) is 28.9 Å². The van der Waals surface area contributed by atoms with Gasteiger partial charge in [0.1, 0.15) is 5.76 Å². The van der Waals surface area contributed by atoms with Crippen molar-refractivity contribution in [2.24, 2.45) is 0 Å². The number of carbonyl (C=O) groups excluding carboxylic acids is 1. The van der Waals surface area contributed by atoms with E-state index in [1.54, 1.807) is 17.6 Å². The maximum Gasteiger partial charge on any atom is 0.223 e. The second kappa shape index (κ2) is 6.77. The summed E-state index contributed by atoms with van der Waals surface area (Å²) in [4.78, 5) is 19.3. The molecule has 3 heterocycles. The molecule has 1 atom stereocenters. The minimum atomic E-state index is 0.220. The SMILES string of the molecule is O=C(CCc1ccco1)N1CCC[C@@H](c2nc3ccccc3s2)C1. The third-order valence-electron chi connectivity index (χ3n) is 4.60. The van der Waals surface area contributed by atoms with Crippen LogP contribution in [0.5, 0.6) is 0 Å². The van der Waals surface area contributed by atoms with Gasteiger partial charge >= 0.3 is 0 Å². The number of rotatable bonds is 4. The van der Waals surface area contributed by atoms with Crippen LogP contribution in [0.1, 0.15) is 35.9 Å². The van der Waals surface area contributed by atoms with E-state index in [2.05, 4.69) is 18.2 Å². The predicted molar refractivity (Wildman–Crippen MR) is 95.2 cm³/mol. The molecule has 1 saturated heterocycles. The van der Waals surface area contributed by atoms with Gasteiger partial charge in [0.05, 0.1) is 21.5 Å². The smallest absolute Gasteiger partial charge is 0.223 e. The number of hydrogen-bond donors (Lipinski definition) is 0. The van der Waals surface area contributed by atoms with Gasteiger partial charge in [0.25, 0.3) is 0 Å². The highest BCUT2D eigenvalue weighted by molar-refractivity contribution is 7.18. The van der Waals surface area contributed by atoms with Crippen LogP contribution < -0.4 is 0 Å². The summed E-state index contributed by atoms with van der Waals surface area (Å²) in [6, 6.07) is 12.0. The third-order valence-corrected chi connectivity index (χ3v) is 5.80. The summed E-state index contributed by atoms with van der Waals surface area (Å²) in [5.41, 5.74) is 1.07. The molecule has 5 heteroatoms. The van der Waals surface area contributed by atoms with Crippen molar-refractivity contribution in [2.45, 2.75) is 31.6 Å². The Morgan fingerprint density at radius 2 is 2.21 bits per heavy atom. The maximum atomic E-state index is 12.5. The summed E-state index contributed by atoms with van der Waals surface area (Å²) in [7, 11) is 0. The van der Waals surface area contributed by atoms with Crippen LogP contribution in [-0.2, 0) is 11.2 Å². The normalized spacial score (nSPS) is 18.2. The predicted octanol–water partition coefficient (Wildman–Crippen LogP) is 4.23. The Bertz CT molecular complexity index is 792. The highest BCUT2D eigenvalue weighted by Gasteiger charge is 2.26. The minimum absolute atomic E-state index is 0.220. The van der Waals surface area contributed by atoms with Crippen molar-refractivity contribution in [3.8, 4) is 0 Å². The Morgan fingerprint density at radius 3 is 3.04 bits per heavy atom. The Labute approximate surface area is 145 Å². The lowest BCUT2D eigenvalue weighted by molar-refractivity contribution is -0.132. The van der Waals surface area contributed by atoms with E-state index in [0.717, 1.165) is 37.2 Å². The number of carbonyl (C=O) groups is 1. The molecular weight excluding hydrogens is 320 g/mol. The van der Waals surface area contributed by atoms with Crippen molar-refractivity contribution in [3.05, 3.63) is 53.4 Å². The second-order valence-electron chi connectivity index (χ2n) is 6.28. The average Bonchev–Trinajstić information content (AvgIpc) is 3.29. The first-order valence-electron chi connectivity index (χ1n) is 8.45. The molecule has 3 aromatic rings. The topological polar surface area (TPSA) is 46.3 Å². The van der Waals surface area contributed by atoms with E-state index in [1.165, 1.54) is 9.71 Å². The molecule has 24 heavy (non-hydrogen) atoms. The lowest BCUT2D eigenvalue weighted by Gasteiger charge is -2.31. The van der Waals surface area contributed by atoms with Gasteiger partial charge in [0, 0.05) is 31.8 Å². The number of aryl methyl sites for hydroxylation is 1. The van der Waals surface area contributed by atoms with Crippen molar-refractivity contribution < 1.29 is 9.21 Å². The van der Waals surface area contributed by atoms with Crippen LogP contribution in [0, 0.1) is 0 Å².